The lowest BCUT2D eigenvalue weighted by molar-refractivity contribution is -0.152. The molecule has 0 amide bonds. The molecular formula is C17H23NO5. The average Bonchev–Trinajstić information content (AvgIpc) is 2.56. The number of carbonyl (C=O) groups excluding carboxylic acids is 2. The second kappa shape index (κ2) is 7.97. The summed E-state index contributed by atoms with van der Waals surface area (Å²) in [5.41, 5.74) is 1.05. The topological polar surface area (TPSA) is 65.1 Å². The van der Waals surface area contributed by atoms with Crippen LogP contribution in [0, 0.1) is 5.92 Å². The highest BCUT2D eigenvalue weighted by atomic mass is 16.5. The molecule has 23 heavy (non-hydrogen) atoms. The Kier molecular flexibility index (Phi) is 5.98. The predicted molar refractivity (Wildman–Crippen MR) is 84.6 cm³/mol. The van der Waals surface area contributed by atoms with Crippen LogP contribution in [0.25, 0.3) is 0 Å². The number of piperidine rings is 1. The third-order valence-electron chi connectivity index (χ3n) is 3.92. The number of ketones is 1. The van der Waals surface area contributed by atoms with Crippen molar-refractivity contribution in [2.75, 3.05) is 33.9 Å². The number of esters is 1. The molecule has 1 aromatic rings. The van der Waals surface area contributed by atoms with E-state index in [4.69, 9.17) is 14.2 Å². The van der Waals surface area contributed by atoms with Crippen molar-refractivity contribution in [3.05, 3.63) is 23.8 Å². The van der Waals surface area contributed by atoms with Gasteiger partial charge in [-0.1, -0.05) is 6.07 Å². The highest BCUT2D eigenvalue weighted by Gasteiger charge is 2.33. The quantitative estimate of drug-likeness (QED) is 0.586. The number of hydrogen-bond acceptors (Lipinski definition) is 6. The third kappa shape index (κ3) is 4.22. The highest BCUT2D eigenvalue weighted by molar-refractivity contribution is 5.99. The molecule has 1 aromatic carbocycles. The summed E-state index contributed by atoms with van der Waals surface area (Å²) in [5.74, 6) is 0.211. The molecule has 1 aliphatic rings. The molecule has 0 radical (unpaired) electrons. The average molecular weight is 321 g/mol. The molecule has 0 bridgehead atoms. The summed E-state index contributed by atoms with van der Waals surface area (Å²) in [7, 11) is 2.92. The number of benzene rings is 1. The third-order valence-corrected chi connectivity index (χ3v) is 3.92. The Labute approximate surface area is 136 Å². The Hall–Kier alpha value is -2.08. The van der Waals surface area contributed by atoms with Crippen molar-refractivity contribution in [2.24, 2.45) is 5.92 Å². The van der Waals surface area contributed by atoms with Gasteiger partial charge in [-0.05, 0) is 24.6 Å². The van der Waals surface area contributed by atoms with Crippen molar-refractivity contribution in [1.82, 2.24) is 4.90 Å². The molecule has 6 heteroatoms. The molecular weight excluding hydrogens is 298 g/mol. The Balaban J connectivity index is 2.08. The molecule has 0 spiro atoms. The van der Waals surface area contributed by atoms with Gasteiger partial charge in [-0.25, -0.2) is 0 Å². The zero-order chi connectivity index (χ0) is 16.8. The molecule has 2 rings (SSSR count). The van der Waals surface area contributed by atoms with Crippen molar-refractivity contribution in [3.8, 4) is 11.5 Å². The summed E-state index contributed by atoms with van der Waals surface area (Å²) in [6.45, 7) is 4.15. The van der Waals surface area contributed by atoms with Gasteiger partial charge in [0.2, 0.25) is 0 Å². The number of ether oxygens (including phenoxy) is 3. The van der Waals surface area contributed by atoms with E-state index in [9.17, 15) is 9.59 Å². The Morgan fingerprint density at radius 3 is 2.74 bits per heavy atom. The van der Waals surface area contributed by atoms with Crippen molar-refractivity contribution in [2.45, 2.75) is 19.9 Å². The summed E-state index contributed by atoms with van der Waals surface area (Å²) < 4.78 is 15.6. The van der Waals surface area contributed by atoms with Gasteiger partial charge in [0, 0.05) is 26.1 Å². The minimum absolute atomic E-state index is 0.0437. The summed E-state index contributed by atoms with van der Waals surface area (Å²) in [5, 5.41) is 0. The second-order valence-corrected chi connectivity index (χ2v) is 5.45. The molecule has 1 saturated heterocycles. The first kappa shape index (κ1) is 17.3. The molecule has 1 fully saturated rings. The van der Waals surface area contributed by atoms with Gasteiger partial charge in [0.15, 0.2) is 11.5 Å². The van der Waals surface area contributed by atoms with E-state index >= 15 is 0 Å². The van der Waals surface area contributed by atoms with E-state index in [0.29, 0.717) is 44.2 Å². The van der Waals surface area contributed by atoms with Crippen LogP contribution in [-0.2, 0) is 20.9 Å². The minimum Gasteiger partial charge on any atom is -0.493 e. The van der Waals surface area contributed by atoms with Gasteiger partial charge >= 0.3 is 5.97 Å². The second-order valence-electron chi connectivity index (χ2n) is 5.45. The van der Waals surface area contributed by atoms with Gasteiger partial charge in [0.05, 0.1) is 20.8 Å². The maximum Gasteiger partial charge on any atom is 0.317 e. The van der Waals surface area contributed by atoms with Crippen LogP contribution in [0.2, 0.25) is 0 Å². The van der Waals surface area contributed by atoms with E-state index < -0.39 is 11.9 Å². The molecule has 0 saturated carbocycles. The fourth-order valence-electron chi connectivity index (χ4n) is 2.73. The Bertz CT molecular complexity index is 564. The molecule has 1 unspecified atom stereocenters. The fraction of sp³-hybridized carbons (Fsp3) is 0.529. The van der Waals surface area contributed by atoms with Crippen molar-refractivity contribution in [1.29, 1.82) is 0 Å². The lowest BCUT2D eigenvalue weighted by atomic mass is 9.96. The first-order valence-electron chi connectivity index (χ1n) is 7.71. The minimum atomic E-state index is -0.682. The maximum atomic E-state index is 11.9. The van der Waals surface area contributed by atoms with Crippen LogP contribution in [0.1, 0.15) is 18.9 Å². The van der Waals surface area contributed by atoms with Gasteiger partial charge in [-0.15, -0.1) is 0 Å². The van der Waals surface area contributed by atoms with Gasteiger partial charge < -0.3 is 14.2 Å². The Morgan fingerprint density at radius 2 is 2.09 bits per heavy atom. The van der Waals surface area contributed by atoms with E-state index in [0.717, 1.165) is 5.56 Å². The number of carbonyl (C=O) groups is 2. The lowest BCUT2D eigenvalue weighted by Crippen LogP contribution is -2.44. The standard InChI is InChI=1S/C17H23NO5/c1-4-23-16-9-12(5-6-15(16)21-2)10-18-8-7-14(19)13(11-18)17(20)22-3/h5-6,9,13H,4,7-8,10-11H2,1-3H3. The summed E-state index contributed by atoms with van der Waals surface area (Å²) in [6.07, 6.45) is 0.369. The van der Waals surface area contributed by atoms with Gasteiger partial charge in [0.1, 0.15) is 11.7 Å². The summed E-state index contributed by atoms with van der Waals surface area (Å²) >= 11 is 0. The van der Waals surface area contributed by atoms with Gasteiger partial charge in [-0.3, -0.25) is 14.5 Å². The monoisotopic (exact) mass is 321 g/mol. The fourth-order valence-corrected chi connectivity index (χ4v) is 2.73. The van der Waals surface area contributed by atoms with E-state index in [1.807, 2.05) is 25.1 Å². The first-order chi connectivity index (χ1) is 11.1. The van der Waals surface area contributed by atoms with Crippen LogP contribution in [0.15, 0.2) is 18.2 Å². The van der Waals surface area contributed by atoms with Crippen LogP contribution in [0.3, 0.4) is 0 Å². The van der Waals surface area contributed by atoms with Crippen molar-refractivity contribution < 1.29 is 23.8 Å². The molecule has 1 atom stereocenters. The van der Waals surface area contributed by atoms with Crippen LogP contribution in [-0.4, -0.2) is 50.6 Å². The smallest absolute Gasteiger partial charge is 0.317 e. The number of methoxy groups -OCH3 is 2. The number of hydrogen-bond donors (Lipinski definition) is 0. The molecule has 1 aliphatic heterocycles. The summed E-state index contributed by atoms with van der Waals surface area (Å²) in [4.78, 5) is 25.6. The lowest BCUT2D eigenvalue weighted by Gasteiger charge is -2.30. The number of Topliss-reactive ketones (excluding diaryl/α,β-unsaturated/α-hetero) is 1. The van der Waals surface area contributed by atoms with Gasteiger partial charge in [-0.2, -0.15) is 0 Å². The largest absolute Gasteiger partial charge is 0.493 e. The SMILES string of the molecule is CCOc1cc(CN2CCC(=O)C(C(=O)OC)C2)ccc1OC. The number of rotatable bonds is 6. The summed E-state index contributed by atoms with van der Waals surface area (Å²) in [6, 6.07) is 5.77. The van der Waals surface area contributed by atoms with Crippen LogP contribution < -0.4 is 9.47 Å². The molecule has 6 nitrogen and oxygen atoms in total. The van der Waals surface area contributed by atoms with Crippen molar-refractivity contribution in [3.63, 3.8) is 0 Å². The molecule has 0 N–H and O–H groups in total. The van der Waals surface area contributed by atoms with Crippen LogP contribution in [0.4, 0.5) is 0 Å². The van der Waals surface area contributed by atoms with Gasteiger partial charge in [0.25, 0.3) is 0 Å². The molecule has 126 valence electrons. The normalized spacial score (nSPS) is 18.6. The predicted octanol–water partition coefficient (Wildman–Crippen LogP) is 1.66. The van der Waals surface area contributed by atoms with Crippen LogP contribution >= 0.6 is 0 Å². The van der Waals surface area contributed by atoms with E-state index in [-0.39, 0.29) is 5.78 Å². The number of likely N-dealkylation sites (tertiary alicyclic amines) is 1. The molecule has 0 aromatic heterocycles. The first-order valence-corrected chi connectivity index (χ1v) is 7.71. The van der Waals surface area contributed by atoms with E-state index in [1.54, 1.807) is 7.11 Å². The Morgan fingerprint density at radius 1 is 1.30 bits per heavy atom. The zero-order valence-corrected chi connectivity index (χ0v) is 13.8. The zero-order valence-electron chi connectivity index (χ0n) is 13.8. The molecule has 0 aliphatic carbocycles. The van der Waals surface area contributed by atoms with E-state index in [1.165, 1.54) is 7.11 Å². The highest BCUT2D eigenvalue weighted by Crippen LogP contribution is 2.29. The van der Waals surface area contributed by atoms with Crippen LogP contribution in [0.5, 0.6) is 11.5 Å². The van der Waals surface area contributed by atoms with Crippen molar-refractivity contribution >= 4 is 11.8 Å². The number of nitrogens with zero attached hydrogens (tertiary/aromatic N) is 1. The maximum absolute atomic E-state index is 11.9. The molecule has 1 heterocycles. The van der Waals surface area contributed by atoms with E-state index in [2.05, 4.69) is 4.90 Å².